The van der Waals surface area contributed by atoms with E-state index >= 15 is 0 Å². The Bertz CT molecular complexity index is 289. The lowest BCUT2D eigenvalue weighted by Gasteiger charge is -2.25. The second-order valence-electron chi connectivity index (χ2n) is 5.40. The first-order valence-corrected chi connectivity index (χ1v) is 6.81. The van der Waals surface area contributed by atoms with Gasteiger partial charge in [-0.05, 0) is 36.8 Å². The zero-order chi connectivity index (χ0) is 11.4. The Kier molecular flexibility index (Phi) is 4.03. The maximum atomic E-state index is 4.51. The third kappa shape index (κ3) is 2.87. The molecule has 0 amide bonds. The average molecular weight is 220 g/mol. The highest BCUT2D eigenvalue weighted by Crippen LogP contribution is 2.24. The highest BCUT2D eigenvalue weighted by Gasteiger charge is 2.20. The lowest BCUT2D eigenvalue weighted by atomic mass is 9.94. The van der Waals surface area contributed by atoms with E-state index in [1.54, 1.807) is 5.57 Å². The van der Waals surface area contributed by atoms with E-state index in [4.69, 9.17) is 0 Å². The summed E-state index contributed by atoms with van der Waals surface area (Å²) in [6, 6.07) is 0.528. The molecule has 0 aromatic heterocycles. The number of nitrogens with one attached hydrogen (secondary N) is 1. The number of allylic oxidation sites excluding steroid dienone is 1. The van der Waals surface area contributed by atoms with Crippen LogP contribution in [0.15, 0.2) is 16.8 Å². The molecule has 0 aromatic carbocycles. The number of hydrazone groups is 1. The Labute approximate surface area is 99.2 Å². The maximum absolute atomic E-state index is 4.51. The first kappa shape index (κ1) is 11.7. The van der Waals surface area contributed by atoms with Gasteiger partial charge < -0.3 is 5.43 Å². The van der Waals surface area contributed by atoms with Crippen LogP contribution in [0.3, 0.4) is 0 Å². The highest BCUT2D eigenvalue weighted by molar-refractivity contribution is 5.97. The summed E-state index contributed by atoms with van der Waals surface area (Å²) in [6.07, 6.45) is 11.8. The van der Waals surface area contributed by atoms with Crippen LogP contribution >= 0.6 is 0 Å². The van der Waals surface area contributed by atoms with Crippen molar-refractivity contribution in [2.75, 3.05) is 0 Å². The van der Waals surface area contributed by atoms with Crippen LogP contribution in [0.1, 0.15) is 58.8 Å². The van der Waals surface area contributed by atoms with Gasteiger partial charge in [-0.15, -0.1) is 0 Å². The van der Waals surface area contributed by atoms with Gasteiger partial charge in [0.25, 0.3) is 0 Å². The average Bonchev–Trinajstić information content (AvgIpc) is 2.39. The van der Waals surface area contributed by atoms with E-state index in [1.165, 1.54) is 50.7 Å². The van der Waals surface area contributed by atoms with Gasteiger partial charge in [-0.1, -0.05) is 39.5 Å². The van der Waals surface area contributed by atoms with Crippen LogP contribution < -0.4 is 5.43 Å². The fourth-order valence-electron chi connectivity index (χ4n) is 2.56. The van der Waals surface area contributed by atoms with Crippen LogP contribution in [0, 0.1) is 5.92 Å². The monoisotopic (exact) mass is 220 g/mol. The maximum Gasteiger partial charge on any atom is 0.0653 e. The van der Waals surface area contributed by atoms with Gasteiger partial charge in [0, 0.05) is 0 Å². The molecule has 2 rings (SSSR count). The van der Waals surface area contributed by atoms with Crippen molar-refractivity contribution in [3.05, 3.63) is 11.6 Å². The first-order chi connectivity index (χ1) is 7.77. The summed E-state index contributed by atoms with van der Waals surface area (Å²) in [5.41, 5.74) is 6.19. The van der Waals surface area contributed by atoms with Gasteiger partial charge in [-0.25, -0.2) is 0 Å². The van der Waals surface area contributed by atoms with Gasteiger partial charge in [0.05, 0.1) is 11.8 Å². The van der Waals surface area contributed by atoms with Crippen LogP contribution in [-0.4, -0.2) is 11.8 Å². The van der Waals surface area contributed by atoms with E-state index in [-0.39, 0.29) is 0 Å². The summed E-state index contributed by atoms with van der Waals surface area (Å²) in [7, 11) is 0. The number of hydrogen-bond acceptors (Lipinski definition) is 2. The van der Waals surface area contributed by atoms with Gasteiger partial charge >= 0.3 is 0 Å². The molecule has 2 aliphatic rings. The standard InChI is InChI=1S/C14H24N2/c1-11(2)14-10-12-8-6-4-3-5-7-9-13(12)15-16-14/h10-11,13,15H,3-9H2,1-2H3. The molecule has 90 valence electrons. The van der Waals surface area contributed by atoms with Crippen LogP contribution in [0.4, 0.5) is 0 Å². The summed E-state index contributed by atoms with van der Waals surface area (Å²) in [5.74, 6) is 0.536. The minimum Gasteiger partial charge on any atom is -0.303 e. The number of rotatable bonds is 1. The molecule has 1 heterocycles. The van der Waals surface area contributed by atoms with Gasteiger partial charge in [-0.3, -0.25) is 0 Å². The van der Waals surface area contributed by atoms with Crippen molar-refractivity contribution in [1.29, 1.82) is 0 Å². The molecule has 1 N–H and O–H groups in total. The van der Waals surface area contributed by atoms with E-state index < -0.39 is 0 Å². The summed E-state index contributed by atoms with van der Waals surface area (Å²) in [4.78, 5) is 0. The Morgan fingerprint density at radius 2 is 1.94 bits per heavy atom. The SMILES string of the molecule is CC(C)C1=NNC2CCCCCCCC2=C1. The molecule has 1 fully saturated rings. The molecule has 0 aromatic rings. The lowest BCUT2D eigenvalue weighted by Crippen LogP contribution is -2.32. The van der Waals surface area contributed by atoms with E-state index in [9.17, 15) is 0 Å². The molecule has 0 spiro atoms. The normalized spacial score (nSPS) is 26.8. The third-order valence-corrected chi connectivity index (χ3v) is 3.68. The van der Waals surface area contributed by atoms with E-state index in [0.29, 0.717) is 12.0 Å². The molecular formula is C14H24N2. The van der Waals surface area contributed by atoms with E-state index in [1.807, 2.05) is 0 Å². The predicted molar refractivity (Wildman–Crippen MR) is 69.6 cm³/mol. The van der Waals surface area contributed by atoms with E-state index in [2.05, 4.69) is 30.5 Å². The molecule has 1 aliphatic heterocycles. The van der Waals surface area contributed by atoms with E-state index in [0.717, 1.165) is 0 Å². The molecule has 0 bridgehead atoms. The van der Waals surface area contributed by atoms with Gasteiger partial charge in [0.1, 0.15) is 0 Å². The molecule has 1 aliphatic carbocycles. The van der Waals surface area contributed by atoms with Gasteiger partial charge in [0.15, 0.2) is 0 Å². The number of hydrogen-bond donors (Lipinski definition) is 1. The second-order valence-corrected chi connectivity index (χ2v) is 5.40. The van der Waals surface area contributed by atoms with Gasteiger partial charge in [0.2, 0.25) is 0 Å². The molecule has 16 heavy (non-hydrogen) atoms. The smallest absolute Gasteiger partial charge is 0.0653 e. The van der Waals surface area contributed by atoms with Crippen LogP contribution in [0.25, 0.3) is 0 Å². The van der Waals surface area contributed by atoms with Crippen molar-refractivity contribution in [3.63, 3.8) is 0 Å². The third-order valence-electron chi connectivity index (χ3n) is 3.68. The number of fused-ring (bicyclic) bond motifs is 1. The second kappa shape index (κ2) is 5.51. The topological polar surface area (TPSA) is 24.4 Å². The zero-order valence-electron chi connectivity index (χ0n) is 10.6. The van der Waals surface area contributed by atoms with Crippen LogP contribution in [0.5, 0.6) is 0 Å². The van der Waals surface area contributed by atoms with Crippen molar-refractivity contribution in [1.82, 2.24) is 5.43 Å². The molecule has 0 saturated heterocycles. The summed E-state index contributed by atoms with van der Waals surface area (Å²) < 4.78 is 0. The molecule has 2 heteroatoms. The molecule has 1 saturated carbocycles. The van der Waals surface area contributed by atoms with Crippen molar-refractivity contribution < 1.29 is 0 Å². The predicted octanol–water partition coefficient (Wildman–Crippen LogP) is 3.64. The number of nitrogens with zero attached hydrogens (tertiary/aromatic N) is 1. The first-order valence-electron chi connectivity index (χ1n) is 6.81. The lowest BCUT2D eigenvalue weighted by molar-refractivity contribution is 0.511. The molecule has 2 nitrogen and oxygen atoms in total. The van der Waals surface area contributed by atoms with Crippen LogP contribution in [0.2, 0.25) is 0 Å². The Balaban J connectivity index is 2.08. The molecule has 1 unspecified atom stereocenters. The zero-order valence-corrected chi connectivity index (χ0v) is 10.6. The highest BCUT2D eigenvalue weighted by atomic mass is 15.3. The molecule has 1 atom stereocenters. The van der Waals surface area contributed by atoms with Crippen molar-refractivity contribution in [3.8, 4) is 0 Å². The van der Waals surface area contributed by atoms with Crippen LogP contribution in [-0.2, 0) is 0 Å². The molecular weight excluding hydrogens is 196 g/mol. The minimum atomic E-state index is 0.528. The Morgan fingerprint density at radius 1 is 1.19 bits per heavy atom. The fraction of sp³-hybridized carbons (Fsp3) is 0.786. The Hall–Kier alpha value is -0.790. The van der Waals surface area contributed by atoms with Crippen molar-refractivity contribution in [2.24, 2.45) is 11.0 Å². The largest absolute Gasteiger partial charge is 0.303 e. The minimum absolute atomic E-state index is 0.528. The summed E-state index contributed by atoms with van der Waals surface area (Å²) in [5, 5.41) is 4.51. The van der Waals surface area contributed by atoms with Gasteiger partial charge in [-0.2, -0.15) is 5.10 Å². The summed E-state index contributed by atoms with van der Waals surface area (Å²) in [6.45, 7) is 4.43. The quantitative estimate of drug-likeness (QED) is 0.717. The fourth-order valence-corrected chi connectivity index (χ4v) is 2.56. The molecule has 0 radical (unpaired) electrons. The summed E-state index contributed by atoms with van der Waals surface area (Å²) >= 11 is 0. The Morgan fingerprint density at radius 3 is 2.75 bits per heavy atom. The van der Waals surface area contributed by atoms with Crippen molar-refractivity contribution >= 4 is 5.71 Å². The van der Waals surface area contributed by atoms with Crippen molar-refractivity contribution in [2.45, 2.75) is 64.8 Å².